The van der Waals surface area contributed by atoms with Crippen LogP contribution < -0.4 is 9.47 Å². The number of ether oxygens (including phenoxy) is 2. The molecule has 2 aromatic rings. The number of halogens is 1. The van der Waals surface area contributed by atoms with Crippen LogP contribution in [0, 0.1) is 0 Å². The summed E-state index contributed by atoms with van der Waals surface area (Å²) in [5.41, 5.74) is 0.892. The Morgan fingerprint density at radius 1 is 1.26 bits per heavy atom. The van der Waals surface area contributed by atoms with Gasteiger partial charge in [-0.3, -0.25) is 0 Å². The van der Waals surface area contributed by atoms with Crippen LogP contribution in [0.3, 0.4) is 0 Å². The summed E-state index contributed by atoms with van der Waals surface area (Å²) in [6.07, 6.45) is -0.0834. The lowest BCUT2D eigenvalue weighted by Crippen LogP contribution is -2.02. The van der Waals surface area contributed by atoms with E-state index in [0.717, 1.165) is 22.2 Å². The van der Waals surface area contributed by atoms with Crippen molar-refractivity contribution >= 4 is 22.9 Å². The van der Waals surface area contributed by atoms with E-state index in [4.69, 9.17) is 21.1 Å². The number of aromatic nitrogens is 1. The fourth-order valence-electron chi connectivity index (χ4n) is 1.61. The number of nitrogens with zero attached hydrogens (tertiary/aromatic N) is 1. The molecular formula is C14H16ClNO2S. The summed E-state index contributed by atoms with van der Waals surface area (Å²) in [5.74, 6) is 2.09. The number of hydrogen-bond donors (Lipinski definition) is 0. The average molecular weight is 298 g/mol. The number of rotatable bonds is 6. The number of thiazole rings is 1. The largest absolute Gasteiger partial charge is 0.494 e. The molecule has 0 N–H and O–H groups in total. The molecule has 2 rings (SSSR count). The average Bonchev–Trinajstić information content (AvgIpc) is 2.90. The van der Waals surface area contributed by atoms with Gasteiger partial charge in [0.05, 0.1) is 18.2 Å². The monoisotopic (exact) mass is 297 g/mol. The summed E-state index contributed by atoms with van der Waals surface area (Å²) in [5, 5.41) is 2.89. The molecule has 0 aliphatic rings. The summed E-state index contributed by atoms with van der Waals surface area (Å²) >= 11 is 7.31. The molecule has 0 aliphatic carbocycles. The first kappa shape index (κ1) is 14.2. The summed E-state index contributed by atoms with van der Waals surface area (Å²) in [6, 6.07) is 7.60. The zero-order valence-corrected chi connectivity index (χ0v) is 12.5. The van der Waals surface area contributed by atoms with Crippen molar-refractivity contribution in [2.24, 2.45) is 0 Å². The number of benzene rings is 1. The van der Waals surface area contributed by atoms with Gasteiger partial charge in [0.25, 0.3) is 0 Å². The molecule has 0 bridgehead atoms. The van der Waals surface area contributed by atoms with Crippen molar-refractivity contribution in [2.75, 3.05) is 6.61 Å². The maximum Gasteiger partial charge on any atom is 0.147 e. The molecule has 1 heterocycles. The third-order valence-corrected chi connectivity index (χ3v) is 3.83. The Hall–Kier alpha value is -1.26. The highest BCUT2D eigenvalue weighted by molar-refractivity contribution is 7.09. The maximum atomic E-state index is 5.84. The van der Waals surface area contributed by atoms with Gasteiger partial charge in [-0.2, -0.15) is 0 Å². The molecule has 102 valence electrons. The van der Waals surface area contributed by atoms with Gasteiger partial charge in [-0.15, -0.1) is 22.9 Å². The molecule has 1 unspecified atom stereocenters. The summed E-state index contributed by atoms with van der Waals surface area (Å²) in [7, 11) is 0. The van der Waals surface area contributed by atoms with E-state index < -0.39 is 0 Å². The smallest absolute Gasteiger partial charge is 0.147 e. The summed E-state index contributed by atoms with van der Waals surface area (Å²) in [4.78, 5) is 4.41. The quantitative estimate of drug-likeness (QED) is 0.740. The highest BCUT2D eigenvalue weighted by Crippen LogP contribution is 2.26. The van der Waals surface area contributed by atoms with Crippen LogP contribution in [-0.4, -0.2) is 11.6 Å². The molecule has 0 saturated heterocycles. The first-order valence-corrected chi connectivity index (χ1v) is 7.54. The third-order valence-electron chi connectivity index (χ3n) is 2.50. The number of hydrogen-bond acceptors (Lipinski definition) is 4. The van der Waals surface area contributed by atoms with Crippen LogP contribution in [0.5, 0.6) is 11.5 Å². The predicted octanol–water partition coefficient (Wildman–Crippen LogP) is 4.42. The lowest BCUT2D eigenvalue weighted by molar-refractivity contribution is 0.225. The van der Waals surface area contributed by atoms with E-state index in [1.807, 2.05) is 43.5 Å². The van der Waals surface area contributed by atoms with Crippen molar-refractivity contribution in [1.29, 1.82) is 0 Å². The van der Waals surface area contributed by atoms with Crippen LogP contribution >= 0.6 is 22.9 Å². The standard InChI is InChI=1S/C14H16ClNO2S/c1-3-17-12-4-6-13(7-5-12)18-10(2)14-16-11(8-15)9-19-14/h4-7,9-10H,3,8H2,1-2H3. The van der Waals surface area contributed by atoms with Gasteiger partial charge >= 0.3 is 0 Å². The van der Waals surface area contributed by atoms with E-state index in [-0.39, 0.29) is 6.10 Å². The lowest BCUT2D eigenvalue weighted by Gasteiger charge is -2.12. The fourth-order valence-corrected chi connectivity index (χ4v) is 2.64. The molecule has 1 atom stereocenters. The molecular weight excluding hydrogens is 282 g/mol. The molecule has 5 heteroatoms. The van der Waals surface area contributed by atoms with Gasteiger partial charge in [0, 0.05) is 5.38 Å². The van der Waals surface area contributed by atoms with Crippen LogP contribution in [0.4, 0.5) is 0 Å². The zero-order valence-electron chi connectivity index (χ0n) is 10.9. The Morgan fingerprint density at radius 2 is 1.95 bits per heavy atom. The van der Waals surface area contributed by atoms with Crippen LogP contribution in [-0.2, 0) is 5.88 Å². The Kier molecular flexibility index (Phi) is 5.05. The van der Waals surface area contributed by atoms with Gasteiger partial charge in [0.1, 0.15) is 22.6 Å². The van der Waals surface area contributed by atoms with Gasteiger partial charge in [0.2, 0.25) is 0 Å². The van der Waals surface area contributed by atoms with Crippen LogP contribution in [0.2, 0.25) is 0 Å². The first-order chi connectivity index (χ1) is 9.22. The molecule has 0 radical (unpaired) electrons. The second kappa shape index (κ2) is 6.78. The topological polar surface area (TPSA) is 31.4 Å². The molecule has 1 aromatic heterocycles. The summed E-state index contributed by atoms with van der Waals surface area (Å²) in [6.45, 7) is 4.60. The van der Waals surface area contributed by atoms with Crippen molar-refractivity contribution in [1.82, 2.24) is 4.98 Å². The normalized spacial score (nSPS) is 12.2. The van der Waals surface area contributed by atoms with E-state index in [9.17, 15) is 0 Å². The van der Waals surface area contributed by atoms with E-state index in [2.05, 4.69) is 4.98 Å². The predicted molar refractivity (Wildman–Crippen MR) is 78.3 cm³/mol. The molecule has 3 nitrogen and oxygen atoms in total. The van der Waals surface area contributed by atoms with Crippen molar-refractivity contribution in [3.8, 4) is 11.5 Å². The van der Waals surface area contributed by atoms with Gasteiger partial charge < -0.3 is 9.47 Å². The highest BCUT2D eigenvalue weighted by Gasteiger charge is 2.12. The van der Waals surface area contributed by atoms with Gasteiger partial charge in [0.15, 0.2) is 0 Å². The van der Waals surface area contributed by atoms with E-state index in [1.54, 1.807) is 11.3 Å². The second-order valence-electron chi connectivity index (χ2n) is 3.98. The van der Waals surface area contributed by atoms with Crippen LogP contribution in [0.25, 0.3) is 0 Å². The fraction of sp³-hybridized carbons (Fsp3) is 0.357. The van der Waals surface area contributed by atoms with Crippen molar-refractivity contribution in [2.45, 2.75) is 25.8 Å². The Labute approximate surface area is 122 Å². The summed E-state index contributed by atoms with van der Waals surface area (Å²) < 4.78 is 11.2. The minimum absolute atomic E-state index is 0.0834. The molecule has 0 spiro atoms. The highest BCUT2D eigenvalue weighted by atomic mass is 35.5. The van der Waals surface area contributed by atoms with E-state index >= 15 is 0 Å². The first-order valence-electron chi connectivity index (χ1n) is 6.12. The van der Waals surface area contributed by atoms with Gasteiger partial charge in [-0.05, 0) is 38.1 Å². The Balaban J connectivity index is 1.99. The number of alkyl halides is 1. The van der Waals surface area contributed by atoms with Crippen LogP contribution in [0.1, 0.15) is 30.7 Å². The molecule has 0 saturated carbocycles. The Bertz CT molecular complexity index is 512. The van der Waals surface area contributed by atoms with E-state index in [1.165, 1.54) is 0 Å². The van der Waals surface area contributed by atoms with Crippen molar-refractivity contribution in [3.63, 3.8) is 0 Å². The SMILES string of the molecule is CCOc1ccc(OC(C)c2nc(CCl)cs2)cc1. The molecule has 0 fully saturated rings. The molecule has 1 aromatic carbocycles. The van der Waals surface area contributed by atoms with Gasteiger partial charge in [-0.25, -0.2) is 4.98 Å². The third kappa shape index (κ3) is 3.85. The zero-order chi connectivity index (χ0) is 13.7. The Morgan fingerprint density at radius 3 is 2.53 bits per heavy atom. The minimum Gasteiger partial charge on any atom is -0.494 e. The minimum atomic E-state index is -0.0834. The molecule has 0 amide bonds. The molecule has 19 heavy (non-hydrogen) atoms. The lowest BCUT2D eigenvalue weighted by atomic mass is 10.3. The van der Waals surface area contributed by atoms with Crippen LogP contribution in [0.15, 0.2) is 29.6 Å². The maximum absolute atomic E-state index is 5.84. The van der Waals surface area contributed by atoms with Crippen molar-refractivity contribution in [3.05, 3.63) is 40.3 Å². The van der Waals surface area contributed by atoms with Crippen molar-refractivity contribution < 1.29 is 9.47 Å². The van der Waals surface area contributed by atoms with E-state index in [0.29, 0.717) is 12.5 Å². The molecule has 0 aliphatic heterocycles. The second-order valence-corrected chi connectivity index (χ2v) is 5.13. The van der Waals surface area contributed by atoms with Gasteiger partial charge in [-0.1, -0.05) is 0 Å².